The van der Waals surface area contributed by atoms with Gasteiger partial charge in [-0.25, -0.2) is 0 Å². The van der Waals surface area contributed by atoms with E-state index < -0.39 is 95.7 Å². The Hall–Kier alpha value is -3.92. The van der Waals surface area contributed by atoms with Gasteiger partial charge in [0, 0.05) is 62.1 Å². The summed E-state index contributed by atoms with van der Waals surface area (Å²) >= 11 is 0. The minimum absolute atomic E-state index is 0.0478. The molecule has 258 valence electrons. The standard InChI is InChI=1S/C34H41N3O11/c1-16-29(40)20(35-17(2)37-10-8-36(3)9-11-37)12-24(47-16)48-22-14-34(45,23(39)15-38)13-19-26(22)33(44)28-27(31(19)42)30(41)18-6-5-7-21(46-4)25(18)32(28)43/h5-7,16,20,22,24,29,38,40,42,44-45H,8-15H2,1-4H3/t16?,20-,22-,24?,29+,34?/m0/s1. The molecule has 2 heterocycles. The number of aliphatic hydroxyl groups excluding tert-OH is 2. The molecule has 2 aromatic carbocycles. The number of likely N-dealkylation sites (N-methyl/N-ethyl adjacent to an activating group) is 1. The topological polar surface area (TPSA) is 199 Å². The number of methoxy groups -OCH3 is 1. The number of nitrogens with zero attached hydrogens (tertiary/aromatic N) is 3. The number of aliphatic hydroxyl groups is 3. The molecular formula is C34H41N3O11. The maximum atomic E-state index is 13.9. The van der Waals surface area contributed by atoms with Crippen LogP contribution < -0.4 is 4.74 Å². The van der Waals surface area contributed by atoms with Crippen molar-refractivity contribution in [1.29, 1.82) is 0 Å². The van der Waals surface area contributed by atoms with Crippen LogP contribution in [0.3, 0.4) is 0 Å². The van der Waals surface area contributed by atoms with E-state index in [0.717, 1.165) is 32.0 Å². The Balaban J connectivity index is 1.40. The Morgan fingerprint density at radius 2 is 1.77 bits per heavy atom. The number of Topliss-reactive ketones (excluding diaryl/α,β-unsaturated/α-hetero) is 1. The van der Waals surface area contributed by atoms with E-state index in [0.29, 0.717) is 0 Å². The van der Waals surface area contributed by atoms with Gasteiger partial charge < -0.3 is 49.5 Å². The number of carbonyl (C=O) groups excluding carboxylic acids is 3. The first-order valence-electron chi connectivity index (χ1n) is 16.0. The van der Waals surface area contributed by atoms with Crippen LogP contribution >= 0.6 is 0 Å². The minimum atomic E-state index is -2.26. The molecule has 0 aromatic heterocycles. The van der Waals surface area contributed by atoms with Gasteiger partial charge in [-0.15, -0.1) is 0 Å². The second kappa shape index (κ2) is 12.8. The lowest BCUT2D eigenvalue weighted by atomic mass is 9.72. The predicted octanol–water partition coefficient (Wildman–Crippen LogP) is 0.708. The van der Waals surface area contributed by atoms with Crippen molar-refractivity contribution in [3.05, 3.63) is 51.6 Å². The second-order valence-corrected chi connectivity index (χ2v) is 13.0. The SMILES string of the molecule is COc1cccc2c1C(=O)c1c(O)c3c(c(O)c1C2=O)CC(O)(C(=O)CO)C[C@@H]3OC1C[C@H](N=C(C)N2CCN(C)CC2)[C@H](O)C(C)O1. The van der Waals surface area contributed by atoms with E-state index in [2.05, 4.69) is 9.80 Å². The number of piperazine rings is 1. The number of benzene rings is 2. The zero-order valence-corrected chi connectivity index (χ0v) is 27.3. The molecule has 0 bridgehead atoms. The number of phenolic OH excluding ortho intramolecular Hbond substituents is 2. The van der Waals surface area contributed by atoms with Gasteiger partial charge in [0.1, 0.15) is 35.6 Å². The molecule has 4 aliphatic rings. The predicted molar refractivity (Wildman–Crippen MR) is 170 cm³/mol. The van der Waals surface area contributed by atoms with Crippen molar-refractivity contribution in [1.82, 2.24) is 9.80 Å². The summed E-state index contributed by atoms with van der Waals surface area (Å²) in [7, 11) is 3.38. The molecule has 5 N–H and O–H groups in total. The first-order valence-corrected chi connectivity index (χ1v) is 16.0. The molecule has 6 rings (SSSR count). The molecule has 48 heavy (non-hydrogen) atoms. The number of carbonyl (C=O) groups is 3. The molecule has 6 atom stereocenters. The summed E-state index contributed by atoms with van der Waals surface area (Å²) in [5, 5.41) is 55.6. The van der Waals surface area contributed by atoms with Gasteiger partial charge in [-0.2, -0.15) is 0 Å². The first kappa shape index (κ1) is 34.0. The monoisotopic (exact) mass is 667 g/mol. The van der Waals surface area contributed by atoms with Gasteiger partial charge >= 0.3 is 0 Å². The third-order valence-corrected chi connectivity index (χ3v) is 10.0. The molecule has 2 aromatic rings. The summed E-state index contributed by atoms with van der Waals surface area (Å²) < 4.78 is 17.6. The van der Waals surface area contributed by atoms with E-state index in [1.165, 1.54) is 25.3 Å². The lowest BCUT2D eigenvalue weighted by molar-refractivity contribution is -0.247. The summed E-state index contributed by atoms with van der Waals surface area (Å²) in [6.45, 7) is 5.81. The fourth-order valence-corrected chi connectivity index (χ4v) is 7.27. The highest BCUT2D eigenvalue weighted by molar-refractivity contribution is 6.31. The third-order valence-electron chi connectivity index (χ3n) is 10.0. The number of phenols is 2. The van der Waals surface area contributed by atoms with Crippen molar-refractivity contribution in [2.45, 2.75) is 69.4 Å². The third kappa shape index (κ3) is 5.65. The summed E-state index contributed by atoms with van der Waals surface area (Å²) in [6, 6.07) is 3.76. The Morgan fingerprint density at radius 3 is 2.44 bits per heavy atom. The highest BCUT2D eigenvalue weighted by atomic mass is 16.7. The fraction of sp³-hybridized carbons (Fsp3) is 0.529. The van der Waals surface area contributed by atoms with Gasteiger partial charge in [0.2, 0.25) is 5.78 Å². The van der Waals surface area contributed by atoms with Crippen molar-refractivity contribution in [3.8, 4) is 17.2 Å². The maximum Gasteiger partial charge on any atom is 0.202 e. The van der Waals surface area contributed by atoms with Crippen molar-refractivity contribution in [2.75, 3.05) is 46.9 Å². The van der Waals surface area contributed by atoms with Crippen LogP contribution in [0.4, 0.5) is 0 Å². The molecule has 2 fully saturated rings. The number of hydrogen-bond acceptors (Lipinski definition) is 13. The van der Waals surface area contributed by atoms with E-state index in [-0.39, 0.29) is 34.4 Å². The zero-order valence-electron chi connectivity index (χ0n) is 27.3. The van der Waals surface area contributed by atoms with Crippen LogP contribution in [0.2, 0.25) is 0 Å². The Labute approximate surface area is 277 Å². The Morgan fingerprint density at radius 1 is 1.08 bits per heavy atom. The summed E-state index contributed by atoms with van der Waals surface area (Å²) in [5.74, 6) is -2.98. The second-order valence-electron chi connectivity index (χ2n) is 13.0. The van der Waals surface area contributed by atoms with Crippen LogP contribution in [0.15, 0.2) is 23.2 Å². The van der Waals surface area contributed by atoms with E-state index in [4.69, 9.17) is 19.2 Å². The van der Waals surface area contributed by atoms with E-state index in [1.54, 1.807) is 6.92 Å². The van der Waals surface area contributed by atoms with Gasteiger partial charge in [-0.05, 0) is 27.0 Å². The number of rotatable bonds is 6. The first-order chi connectivity index (χ1) is 22.8. The van der Waals surface area contributed by atoms with Gasteiger partial charge in [0.05, 0.1) is 47.9 Å². The normalized spacial score (nSPS) is 29.3. The molecule has 0 spiro atoms. The number of ketones is 3. The van der Waals surface area contributed by atoms with E-state index in [9.17, 15) is 39.9 Å². The number of hydrogen-bond donors (Lipinski definition) is 5. The molecule has 14 nitrogen and oxygen atoms in total. The van der Waals surface area contributed by atoms with Crippen LogP contribution in [0.5, 0.6) is 17.2 Å². The minimum Gasteiger partial charge on any atom is -0.507 e. The van der Waals surface area contributed by atoms with Crippen LogP contribution in [0.1, 0.15) is 75.8 Å². The molecule has 2 saturated heterocycles. The van der Waals surface area contributed by atoms with Gasteiger partial charge in [-0.1, -0.05) is 12.1 Å². The molecule has 14 heteroatoms. The smallest absolute Gasteiger partial charge is 0.202 e. The number of amidine groups is 1. The Kier molecular flexibility index (Phi) is 9.08. The van der Waals surface area contributed by atoms with Gasteiger partial charge in [-0.3, -0.25) is 19.4 Å². The molecule has 0 radical (unpaired) electrons. The summed E-state index contributed by atoms with van der Waals surface area (Å²) in [4.78, 5) is 49.6. The largest absolute Gasteiger partial charge is 0.507 e. The average Bonchev–Trinajstić information content (AvgIpc) is 3.06. The number of aromatic hydroxyl groups is 2. The molecule has 2 aliphatic heterocycles. The highest BCUT2D eigenvalue weighted by Gasteiger charge is 2.50. The Bertz CT molecular complexity index is 1680. The van der Waals surface area contributed by atoms with Crippen molar-refractivity contribution in [3.63, 3.8) is 0 Å². The van der Waals surface area contributed by atoms with Gasteiger partial charge in [0.25, 0.3) is 0 Å². The lowest BCUT2D eigenvalue weighted by Gasteiger charge is -2.42. The number of ether oxygens (including phenoxy) is 3. The summed E-state index contributed by atoms with van der Waals surface area (Å²) in [6.07, 6.45) is -5.12. The zero-order chi connectivity index (χ0) is 34.7. The quantitative estimate of drug-likeness (QED) is 0.140. The van der Waals surface area contributed by atoms with E-state index >= 15 is 0 Å². The van der Waals surface area contributed by atoms with Crippen molar-refractivity contribution < 1.29 is 54.1 Å². The molecule has 0 amide bonds. The fourth-order valence-electron chi connectivity index (χ4n) is 7.27. The van der Waals surface area contributed by atoms with Crippen molar-refractivity contribution >= 4 is 23.2 Å². The lowest BCUT2D eigenvalue weighted by Crippen LogP contribution is -2.51. The molecule has 2 aliphatic carbocycles. The molecule has 0 saturated carbocycles. The van der Waals surface area contributed by atoms with Gasteiger partial charge in [0.15, 0.2) is 17.9 Å². The van der Waals surface area contributed by atoms with Crippen molar-refractivity contribution in [2.24, 2.45) is 4.99 Å². The van der Waals surface area contributed by atoms with Crippen LogP contribution in [-0.4, -0.2) is 136 Å². The maximum absolute atomic E-state index is 13.9. The summed E-state index contributed by atoms with van der Waals surface area (Å²) in [5.41, 5.74) is -3.60. The van der Waals surface area contributed by atoms with Crippen LogP contribution in [-0.2, 0) is 20.7 Å². The van der Waals surface area contributed by atoms with Crippen LogP contribution in [0.25, 0.3) is 0 Å². The average molecular weight is 668 g/mol. The number of fused-ring (bicyclic) bond motifs is 3. The van der Waals surface area contributed by atoms with Crippen LogP contribution in [0, 0.1) is 0 Å². The number of aliphatic imine (C=N–C) groups is 1. The molecule has 3 unspecified atom stereocenters. The van der Waals surface area contributed by atoms with E-state index in [1.807, 2.05) is 14.0 Å². The highest BCUT2D eigenvalue weighted by Crippen LogP contribution is 2.52. The molecular weight excluding hydrogens is 626 g/mol.